The zero-order valence-electron chi connectivity index (χ0n) is 18.4. The maximum atomic E-state index is 13.8. The molecule has 1 amide bonds. The quantitative estimate of drug-likeness (QED) is 0.679. The topological polar surface area (TPSA) is 82.4 Å². The molecular formula is C24H25F2N5O2. The molecule has 3 saturated heterocycles. The molecule has 1 spiro atoms. The third-order valence-electron chi connectivity index (χ3n) is 7.26. The minimum absolute atomic E-state index is 0.0384. The Kier molecular flexibility index (Phi) is 5.28. The summed E-state index contributed by atoms with van der Waals surface area (Å²) < 4.78 is 34.2. The molecule has 7 nitrogen and oxygen atoms in total. The van der Waals surface area contributed by atoms with Gasteiger partial charge in [-0.2, -0.15) is 5.26 Å². The first-order chi connectivity index (χ1) is 15.8. The number of hydrogen-bond donors (Lipinski definition) is 0. The number of nitrogens with zero attached hydrogens (tertiary/aromatic N) is 5. The summed E-state index contributed by atoms with van der Waals surface area (Å²) in [5.41, 5.74) is -1.63. The van der Waals surface area contributed by atoms with Crippen molar-refractivity contribution in [1.82, 2.24) is 14.9 Å². The van der Waals surface area contributed by atoms with Gasteiger partial charge in [0.15, 0.2) is 5.60 Å². The Balaban J connectivity index is 1.35. The average molecular weight is 453 g/mol. The maximum Gasteiger partial charge on any atom is 0.257 e. The van der Waals surface area contributed by atoms with Crippen LogP contribution in [0.2, 0.25) is 0 Å². The van der Waals surface area contributed by atoms with E-state index in [1.54, 1.807) is 18.3 Å². The summed E-state index contributed by atoms with van der Waals surface area (Å²) >= 11 is 0. The van der Waals surface area contributed by atoms with Gasteiger partial charge in [-0.05, 0) is 44.4 Å². The molecule has 3 atom stereocenters. The minimum Gasteiger partial charge on any atom is -0.356 e. The highest BCUT2D eigenvalue weighted by atomic mass is 19.1. The van der Waals surface area contributed by atoms with Crippen LogP contribution in [0.15, 0.2) is 48.2 Å². The van der Waals surface area contributed by atoms with E-state index < -0.39 is 23.0 Å². The number of carbonyl (C=O) groups excluding carboxylic acids is 1. The largest absolute Gasteiger partial charge is 0.356 e. The Morgan fingerprint density at radius 3 is 2.79 bits per heavy atom. The van der Waals surface area contributed by atoms with Gasteiger partial charge in [0.1, 0.15) is 29.3 Å². The van der Waals surface area contributed by atoms with Crippen LogP contribution >= 0.6 is 0 Å². The second-order valence-electron chi connectivity index (χ2n) is 9.27. The Labute approximate surface area is 191 Å². The molecule has 9 heteroatoms. The molecule has 3 aliphatic heterocycles. The summed E-state index contributed by atoms with van der Waals surface area (Å²) in [5.74, 6) is -0.684. The lowest BCUT2D eigenvalue weighted by Crippen LogP contribution is -2.52. The van der Waals surface area contributed by atoms with Crippen molar-refractivity contribution >= 4 is 11.7 Å². The Bertz CT molecular complexity index is 1100. The van der Waals surface area contributed by atoms with Crippen LogP contribution in [0.4, 0.5) is 14.6 Å². The number of anilines is 1. The Morgan fingerprint density at radius 1 is 1.24 bits per heavy atom. The highest BCUT2D eigenvalue weighted by Crippen LogP contribution is 2.51. The fourth-order valence-corrected chi connectivity index (χ4v) is 5.63. The van der Waals surface area contributed by atoms with E-state index in [9.17, 15) is 13.6 Å². The molecule has 5 rings (SSSR count). The van der Waals surface area contributed by atoms with Gasteiger partial charge < -0.3 is 14.5 Å². The van der Waals surface area contributed by atoms with Crippen molar-refractivity contribution in [2.45, 2.75) is 56.4 Å². The highest BCUT2D eigenvalue weighted by Gasteiger charge is 2.63. The molecule has 0 aromatic carbocycles. The number of ether oxygens (including phenoxy) is 1. The zero-order valence-corrected chi connectivity index (χ0v) is 18.4. The van der Waals surface area contributed by atoms with Crippen LogP contribution in [-0.4, -0.2) is 51.2 Å². The van der Waals surface area contributed by atoms with Crippen molar-refractivity contribution in [3.05, 3.63) is 54.0 Å². The number of carbonyl (C=O) groups is 1. The molecule has 33 heavy (non-hydrogen) atoms. The lowest BCUT2D eigenvalue weighted by molar-refractivity contribution is -0.143. The molecule has 4 aliphatic rings. The standard InChI is InChI=1S/C24H25F2N5O2/c1-23-8-6-19(16-2-4-17(25)14-18(26)5-3-16)31(23)22(32)24(33-23)9-12-30(13-10-24)21-7-11-28-20(15-27)29-21/h2,4-5,7,11,14,16,19H,3,6,8-10,12-13H2,1H3/b4-2+,17-14+,18-5+/t16?,19-,23+/m0/s1. The number of allylic oxidation sites excluding steroid dienone is 5. The number of hydrogen-bond acceptors (Lipinski definition) is 6. The van der Waals surface area contributed by atoms with Crippen molar-refractivity contribution in [2.75, 3.05) is 18.0 Å². The van der Waals surface area contributed by atoms with E-state index in [1.165, 1.54) is 12.2 Å². The van der Waals surface area contributed by atoms with E-state index in [0.717, 1.165) is 12.5 Å². The fourth-order valence-electron chi connectivity index (χ4n) is 5.63. The molecule has 1 aromatic rings. The molecule has 3 fully saturated rings. The summed E-state index contributed by atoms with van der Waals surface area (Å²) in [6, 6.07) is 3.53. The molecule has 0 saturated carbocycles. The normalized spacial score (nSPS) is 35.2. The smallest absolute Gasteiger partial charge is 0.257 e. The SMILES string of the molecule is C[C@@]12CC[C@@H](C3/C=C/C(F)=C\C(F)=C/C3)N1C(=O)C1(CCN(c3ccnc(C#N)n3)CC1)O2. The first-order valence-electron chi connectivity index (χ1n) is 11.3. The average Bonchev–Trinajstić information content (AvgIpc) is 3.23. The van der Waals surface area contributed by atoms with Crippen LogP contribution in [0.1, 0.15) is 44.9 Å². The van der Waals surface area contributed by atoms with Crippen LogP contribution < -0.4 is 4.90 Å². The highest BCUT2D eigenvalue weighted by molar-refractivity contribution is 5.89. The number of fused-ring (bicyclic) bond motifs is 1. The number of nitriles is 1. The summed E-state index contributed by atoms with van der Waals surface area (Å²) in [5, 5.41) is 9.06. The predicted molar refractivity (Wildman–Crippen MR) is 116 cm³/mol. The van der Waals surface area contributed by atoms with E-state index >= 15 is 0 Å². The van der Waals surface area contributed by atoms with Gasteiger partial charge in [0.25, 0.3) is 5.91 Å². The van der Waals surface area contributed by atoms with Crippen LogP contribution in [-0.2, 0) is 9.53 Å². The van der Waals surface area contributed by atoms with Gasteiger partial charge in [-0.25, -0.2) is 18.7 Å². The van der Waals surface area contributed by atoms with Gasteiger partial charge in [-0.3, -0.25) is 4.79 Å². The second-order valence-corrected chi connectivity index (χ2v) is 9.27. The van der Waals surface area contributed by atoms with Crippen LogP contribution in [0.3, 0.4) is 0 Å². The fraction of sp³-hybridized carbons (Fsp3) is 0.500. The summed E-state index contributed by atoms with van der Waals surface area (Å²) in [4.78, 5) is 25.8. The molecule has 1 aliphatic carbocycles. The molecule has 0 N–H and O–H groups in total. The Hall–Kier alpha value is -3.12. The van der Waals surface area contributed by atoms with E-state index in [4.69, 9.17) is 10.00 Å². The lowest BCUT2D eigenvalue weighted by Gasteiger charge is -2.38. The Morgan fingerprint density at radius 2 is 2.03 bits per heavy atom. The van der Waals surface area contributed by atoms with Gasteiger partial charge in [0.2, 0.25) is 5.82 Å². The van der Waals surface area contributed by atoms with Gasteiger partial charge in [-0.15, -0.1) is 0 Å². The summed E-state index contributed by atoms with van der Waals surface area (Å²) in [6.07, 6.45) is 9.65. The third-order valence-corrected chi connectivity index (χ3v) is 7.26. The summed E-state index contributed by atoms with van der Waals surface area (Å²) in [6.45, 7) is 3.07. The van der Waals surface area contributed by atoms with E-state index in [1.807, 2.05) is 22.8 Å². The van der Waals surface area contributed by atoms with Crippen molar-refractivity contribution in [2.24, 2.45) is 5.92 Å². The summed E-state index contributed by atoms with van der Waals surface area (Å²) in [7, 11) is 0. The van der Waals surface area contributed by atoms with Crippen molar-refractivity contribution in [3.63, 3.8) is 0 Å². The molecule has 1 aromatic heterocycles. The van der Waals surface area contributed by atoms with Gasteiger partial charge in [-0.1, -0.05) is 6.08 Å². The van der Waals surface area contributed by atoms with Crippen molar-refractivity contribution in [3.8, 4) is 6.07 Å². The number of amides is 1. The third kappa shape index (κ3) is 3.72. The van der Waals surface area contributed by atoms with E-state index in [0.29, 0.717) is 44.6 Å². The van der Waals surface area contributed by atoms with Crippen LogP contribution in [0.5, 0.6) is 0 Å². The van der Waals surface area contributed by atoms with Gasteiger partial charge in [0.05, 0.1) is 0 Å². The predicted octanol–water partition coefficient (Wildman–Crippen LogP) is 3.71. The first kappa shape index (κ1) is 21.7. The molecule has 0 radical (unpaired) electrons. The van der Waals surface area contributed by atoms with Crippen molar-refractivity contribution < 1.29 is 18.3 Å². The van der Waals surface area contributed by atoms with Gasteiger partial charge >= 0.3 is 0 Å². The number of rotatable bonds is 2. The minimum atomic E-state index is -0.910. The number of aromatic nitrogens is 2. The van der Waals surface area contributed by atoms with Crippen LogP contribution in [0.25, 0.3) is 0 Å². The van der Waals surface area contributed by atoms with E-state index in [2.05, 4.69) is 9.97 Å². The zero-order chi connectivity index (χ0) is 23.2. The van der Waals surface area contributed by atoms with Gasteiger partial charge in [0, 0.05) is 50.2 Å². The number of halogens is 2. The lowest BCUT2D eigenvalue weighted by atomic mass is 9.87. The molecular weight excluding hydrogens is 428 g/mol. The number of piperidine rings is 1. The molecule has 0 bridgehead atoms. The molecule has 4 heterocycles. The van der Waals surface area contributed by atoms with E-state index in [-0.39, 0.29) is 23.7 Å². The second kappa shape index (κ2) is 8.03. The first-order valence-corrected chi connectivity index (χ1v) is 11.3. The molecule has 1 unspecified atom stereocenters. The van der Waals surface area contributed by atoms with Crippen molar-refractivity contribution in [1.29, 1.82) is 5.26 Å². The monoisotopic (exact) mass is 453 g/mol. The van der Waals surface area contributed by atoms with Crippen LogP contribution in [0, 0.1) is 17.2 Å². The maximum absolute atomic E-state index is 13.8. The molecule has 172 valence electrons.